The van der Waals surface area contributed by atoms with Crippen LogP contribution in [0.2, 0.25) is 0 Å². The molecule has 0 bridgehead atoms. The van der Waals surface area contributed by atoms with Gasteiger partial charge in [0.25, 0.3) is 0 Å². The molecule has 0 aromatic heterocycles. The Hall–Kier alpha value is -3.40. The summed E-state index contributed by atoms with van der Waals surface area (Å²) in [6.07, 6.45) is 0.468. The molecule has 27 heavy (non-hydrogen) atoms. The van der Waals surface area contributed by atoms with Crippen molar-refractivity contribution in [3.8, 4) is 11.1 Å². The maximum atomic E-state index is 12.5. The fourth-order valence-corrected chi connectivity index (χ4v) is 3.97. The van der Waals surface area contributed by atoms with Gasteiger partial charge in [-0.3, -0.25) is 4.79 Å². The molecule has 3 aromatic rings. The van der Waals surface area contributed by atoms with E-state index in [9.17, 15) is 9.59 Å². The summed E-state index contributed by atoms with van der Waals surface area (Å²) < 4.78 is 5.36. The Morgan fingerprint density at radius 2 is 1.67 bits per heavy atom. The number of rotatable bonds is 3. The number of carbonyl (C=O) groups excluding carboxylic acids is 2. The van der Waals surface area contributed by atoms with Gasteiger partial charge < -0.3 is 10.1 Å². The molecule has 1 aliphatic heterocycles. The molecule has 0 saturated heterocycles. The number of cyclic esters (lactones) is 1. The van der Waals surface area contributed by atoms with Crippen molar-refractivity contribution in [1.29, 1.82) is 0 Å². The van der Waals surface area contributed by atoms with Crippen LogP contribution in [-0.4, -0.2) is 11.9 Å². The molecular formula is C23H17NO3. The first-order valence-electron chi connectivity index (χ1n) is 9.00. The highest BCUT2D eigenvalue weighted by Crippen LogP contribution is 2.38. The molecule has 0 radical (unpaired) electrons. The largest absolute Gasteiger partial charge is 0.453 e. The van der Waals surface area contributed by atoms with E-state index in [-0.39, 0.29) is 18.3 Å². The summed E-state index contributed by atoms with van der Waals surface area (Å²) in [5.74, 6) is -0.529. The molecule has 1 unspecified atom stereocenters. The van der Waals surface area contributed by atoms with E-state index in [4.69, 9.17) is 4.74 Å². The number of anilines is 1. The van der Waals surface area contributed by atoms with Crippen molar-refractivity contribution >= 4 is 17.6 Å². The zero-order chi connectivity index (χ0) is 18.4. The van der Waals surface area contributed by atoms with E-state index in [1.807, 2.05) is 36.4 Å². The first kappa shape index (κ1) is 15.8. The second-order valence-corrected chi connectivity index (χ2v) is 6.94. The quantitative estimate of drug-likeness (QED) is 0.551. The molecule has 0 fully saturated rings. The Balaban J connectivity index is 1.32. The minimum absolute atomic E-state index is 0.111. The number of ether oxygens (including phenoxy) is 1. The van der Waals surface area contributed by atoms with Crippen LogP contribution in [0.1, 0.15) is 39.6 Å². The molecule has 132 valence electrons. The van der Waals surface area contributed by atoms with E-state index in [0.717, 1.165) is 17.7 Å². The number of hydrogen-bond donors (Lipinski definition) is 1. The molecule has 1 atom stereocenters. The molecule has 5 rings (SSSR count). The highest BCUT2D eigenvalue weighted by molar-refractivity contribution is 5.96. The van der Waals surface area contributed by atoms with Crippen LogP contribution < -0.4 is 5.32 Å². The van der Waals surface area contributed by atoms with Crippen molar-refractivity contribution in [2.75, 3.05) is 5.32 Å². The van der Waals surface area contributed by atoms with Gasteiger partial charge in [-0.25, -0.2) is 4.79 Å². The molecule has 4 heteroatoms. The van der Waals surface area contributed by atoms with Crippen molar-refractivity contribution in [3.63, 3.8) is 0 Å². The maximum Gasteiger partial charge on any atom is 0.339 e. The van der Waals surface area contributed by atoms with E-state index in [1.165, 1.54) is 22.3 Å². The third-order valence-electron chi connectivity index (χ3n) is 5.23. The second kappa shape index (κ2) is 6.09. The standard InChI is InChI=1S/C23H17NO3/c25-22(13-21-19-7-3-4-8-20(19)23(26)27-21)24-16-9-10-18-15(12-16)11-14-5-1-2-6-17(14)18/h1-10,12,21H,11,13H2,(H,24,25). The normalized spacial score (nSPS) is 16.3. The number of esters is 1. The molecule has 0 saturated carbocycles. The van der Waals surface area contributed by atoms with Gasteiger partial charge in [0.2, 0.25) is 5.91 Å². The molecule has 0 spiro atoms. The Morgan fingerprint density at radius 1 is 0.926 bits per heavy atom. The fraction of sp³-hybridized carbons (Fsp3) is 0.130. The first-order chi connectivity index (χ1) is 13.2. The Bertz CT molecular complexity index is 1090. The van der Waals surface area contributed by atoms with Gasteiger partial charge in [-0.15, -0.1) is 0 Å². The third-order valence-corrected chi connectivity index (χ3v) is 5.23. The molecule has 1 heterocycles. The number of fused-ring (bicyclic) bond motifs is 4. The monoisotopic (exact) mass is 355 g/mol. The minimum atomic E-state index is -0.521. The van der Waals surface area contributed by atoms with Crippen molar-refractivity contribution in [3.05, 3.63) is 89.0 Å². The topological polar surface area (TPSA) is 55.4 Å². The van der Waals surface area contributed by atoms with Crippen LogP contribution in [-0.2, 0) is 16.0 Å². The summed E-state index contributed by atoms with van der Waals surface area (Å²) >= 11 is 0. The summed E-state index contributed by atoms with van der Waals surface area (Å²) in [5.41, 5.74) is 7.11. The Kier molecular flexibility index (Phi) is 3.57. The third kappa shape index (κ3) is 2.70. The fourth-order valence-electron chi connectivity index (χ4n) is 3.97. The van der Waals surface area contributed by atoms with E-state index in [1.54, 1.807) is 12.1 Å². The van der Waals surface area contributed by atoms with Crippen LogP contribution in [0.4, 0.5) is 5.69 Å². The van der Waals surface area contributed by atoms with Crippen molar-refractivity contribution < 1.29 is 14.3 Å². The lowest BCUT2D eigenvalue weighted by Crippen LogP contribution is -2.15. The summed E-state index contributed by atoms with van der Waals surface area (Å²) in [6, 6.07) is 21.6. The highest BCUT2D eigenvalue weighted by Gasteiger charge is 2.32. The van der Waals surface area contributed by atoms with Gasteiger partial charge in [0, 0.05) is 11.3 Å². The number of carbonyl (C=O) groups is 2. The van der Waals surface area contributed by atoms with Gasteiger partial charge in [-0.1, -0.05) is 48.5 Å². The van der Waals surface area contributed by atoms with Gasteiger partial charge in [0.05, 0.1) is 12.0 Å². The van der Waals surface area contributed by atoms with Crippen LogP contribution in [0.5, 0.6) is 0 Å². The van der Waals surface area contributed by atoms with Crippen LogP contribution >= 0.6 is 0 Å². The molecule has 1 amide bonds. The van der Waals surface area contributed by atoms with E-state index in [2.05, 4.69) is 23.5 Å². The predicted molar refractivity (Wildman–Crippen MR) is 103 cm³/mol. The lowest BCUT2D eigenvalue weighted by molar-refractivity contribution is -0.118. The van der Waals surface area contributed by atoms with Gasteiger partial charge in [-0.05, 0) is 46.9 Å². The van der Waals surface area contributed by atoms with Crippen molar-refractivity contribution in [2.45, 2.75) is 18.9 Å². The van der Waals surface area contributed by atoms with Crippen LogP contribution in [0.3, 0.4) is 0 Å². The minimum Gasteiger partial charge on any atom is -0.453 e. The second-order valence-electron chi connectivity index (χ2n) is 6.94. The summed E-state index contributed by atoms with van der Waals surface area (Å²) in [4.78, 5) is 24.4. The van der Waals surface area contributed by atoms with E-state index in [0.29, 0.717) is 5.56 Å². The lowest BCUT2D eigenvalue weighted by Gasteiger charge is -2.12. The van der Waals surface area contributed by atoms with E-state index < -0.39 is 6.10 Å². The van der Waals surface area contributed by atoms with Gasteiger partial charge in [-0.2, -0.15) is 0 Å². The number of benzene rings is 3. The lowest BCUT2D eigenvalue weighted by atomic mass is 10.0. The molecule has 1 aliphatic carbocycles. The average molecular weight is 355 g/mol. The molecular weight excluding hydrogens is 338 g/mol. The number of nitrogens with one attached hydrogen (secondary N) is 1. The maximum absolute atomic E-state index is 12.5. The van der Waals surface area contributed by atoms with Gasteiger partial charge in [0.1, 0.15) is 6.10 Å². The molecule has 1 N–H and O–H groups in total. The smallest absolute Gasteiger partial charge is 0.339 e. The first-order valence-corrected chi connectivity index (χ1v) is 9.00. The Morgan fingerprint density at radius 3 is 2.56 bits per heavy atom. The Labute approximate surface area is 156 Å². The van der Waals surface area contributed by atoms with Crippen LogP contribution in [0.15, 0.2) is 66.7 Å². The van der Waals surface area contributed by atoms with Crippen LogP contribution in [0, 0.1) is 0 Å². The van der Waals surface area contributed by atoms with Crippen molar-refractivity contribution in [2.24, 2.45) is 0 Å². The highest BCUT2D eigenvalue weighted by atomic mass is 16.5. The van der Waals surface area contributed by atoms with Gasteiger partial charge in [0.15, 0.2) is 0 Å². The SMILES string of the molecule is O=C(CC1OC(=O)c2ccccc21)Nc1ccc2c(c1)Cc1ccccc1-2. The summed E-state index contributed by atoms with van der Waals surface area (Å²) in [5, 5.41) is 2.94. The summed E-state index contributed by atoms with van der Waals surface area (Å²) in [6.45, 7) is 0. The molecule has 3 aromatic carbocycles. The molecule has 4 nitrogen and oxygen atoms in total. The zero-order valence-electron chi connectivity index (χ0n) is 14.6. The number of amides is 1. The summed E-state index contributed by atoms with van der Waals surface area (Å²) in [7, 11) is 0. The van der Waals surface area contributed by atoms with Crippen LogP contribution in [0.25, 0.3) is 11.1 Å². The van der Waals surface area contributed by atoms with Gasteiger partial charge >= 0.3 is 5.97 Å². The van der Waals surface area contributed by atoms with E-state index >= 15 is 0 Å². The molecule has 2 aliphatic rings. The predicted octanol–water partition coefficient (Wildman–Crippen LogP) is 4.50. The zero-order valence-corrected chi connectivity index (χ0v) is 14.6. The average Bonchev–Trinajstić information content (AvgIpc) is 3.19. The van der Waals surface area contributed by atoms with Crippen molar-refractivity contribution in [1.82, 2.24) is 0 Å². The number of hydrogen-bond acceptors (Lipinski definition) is 3.